The first kappa shape index (κ1) is 17.8. The molecule has 1 saturated heterocycles. The highest BCUT2D eigenvalue weighted by Gasteiger charge is 2.18. The fraction of sp³-hybridized carbons (Fsp3) is 0.684. The van der Waals surface area contributed by atoms with Gasteiger partial charge in [-0.1, -0.05) is 24.3 Å². The lowest BCUT2D eigenvalue weighted by Gasteiger charge is -2.31. The second kappa shape index (κ2) is 8.37. The minimum Gasteiger partial charge on any atom is -0.390 e. The molecule has 0 bridgehead atoms. The third-order valence-corrected chi connectivity index (χ3v) is 5.37. The molecule has 3 heteroatoms. The Morgan fingerprint density at radius 3 is 2.27 bits per heavy atom. The normalized spacial score (nSPS) is 17.8. The molecule has 0 atom stereocenters. The van der Waals surface area contributed by atoms with Crippen molar-refractivity contribution in [2.24, 2.45) is 5.92 Å². The van der Waals surface area contributed by atoms with Crippen LogP contribution in [0, 0.1) is 5.92 Å². The van der Waals surface area contributed by atoms with Crippen LogP contribution in [0.1, 0.15) is 44.2 Å². The summed E-state index contributed by atoms with van der Waals surface area (Å²) < 4.78 is 0. The number of nitrogens with zero attached hydrogens (tertiary/aromatic N) is 1. The van der Waals surface area contributed by atoms with Gasteiger partial charge in [-0.15, -0.1) is 0 Å². The van der Waals surface area contributed by atoms with Gasteiger partial charge in [-0.3, -0.25) is 4.90 Å². The molecule has 1 aliphatic heterocycles. The summed E-state index contributed by atoms with van der Waals surface area (Å²) in [5.41, 5.74) is 2.17. The molecule has 0 radical (unpaired) electrons. The molecule has 1 N–H and O–H groups in total. The lowest BCUT2D eigenvalue weighted by atomic mass is 9.97. The second-order valence-electron chi connectivity index (χ2n) is 7.30. The summed E-state index contributed by atoms with van der Waals surface area (Å²) in [7, 11) is 0. The van der Waals surface area contributed by atoms with Gasteiger partial charge in [0.15, 0.2) is 0 Å². The zero-order valence-electron chi connectivity index (χ0n) is 14.3. The topological polar surface area (TPSA) is 23.5 Å². The average molecular weight is 322 g/mol. The van der Waals surface area contributed by atoms with E-state index in [1.807, 2.05) is 25.6 Å². The standard InChI is InChI=1S/C19H31NOS/c1-19(2,21)11-8-16-4-6-17(7-5-16)14-20-12-9-18(10-13-20)15-22-3/h4-7,18,21H,8-15H2,1-3H3. The Morgan fingerprint density at radius 2 is 1.73 bits per heavy atom. The Kier molecular flexibility index (Phi) is 6.79. The van der Waals surface area contributed by atoms with Crippen molar-refractivity contribution in [3.8, 4) is 0 Å². The van der Waals surface area contributed by atoms with Gasteiger partial charge in [0, 0.05) is 6.54 Å². The number of hydrogen-bond acceptors (Lipinski definition) is 3. The minimum absolute atomic E-state index is 0.570. The first-order valence-electron chi connectivity index (χ1n) is 8.48. The van der Waals surface area contributed by atoms with E-state index in [0.29, 0.717) is 0 Å². The maximum Gasteiger partial charge on any atom is 0.0594 e. The van der Waals surface area contributed by atoms with E-state index < -0.39 is 5.60 Å². The molecule has 0 saturated carbocycles. The third kappa shape index (κ3) is 6.31. The summed E-state index contributed by atoms with van der Waals surface area (Å²) in [5, 5.41) is 9.80. The number of piperidine rings is 1. The molecular formula is C19H31NOS. The molecule has 2 nitrogen and oxygen atoms in total. The molecule has 0 unspecified atom stereocenters. The van der Waals surface area contributed by atoms with Gasteiger partial charge in [0.2, 0.25) is 0 Å². The van der Waals surface area contributed by atoms with Crippen LogP contribution in [0.4, 0.5) is 0 Å². The Labute approximate surface area is 140 Å². The lowest BCUT2D eigenvalue weighted by Crippen LogP contribution is -2.33. The van der Waals surface area contributed by atoms with Gasteiger partial charge < -0.3 is 5.11 Å². The van der Waals surface area contributed by atoms with Gasteiger partial charge in [0.05, 0.1) is 5.60 Å². The highest BCUT2D eigenvalue weighted by atomic mass is 32.2. The van der Waals surface area contributed by atoms with Crippen LogP contribution in [0.5, 0.6) is 0 Å². The molecule has 0 amide bonds. The van der Waals surface area contributed by atoms with E-state index in [-0.39, 0.29) is 0 Å². The van der Waals surface area contributed by atoms with E-state index >= 15 is 0 Å². The molecule has 0 aromatic heterocycles. The Morgan fingerprint density at radius 1 is 1.14 bits per heavy atom. The van der Waals surface area contributed by atoms with Crippen LogP contribution >= 0.6 is 11.8 Å². The quantitative estimate of drug-likeness (QED) is 0.822. The molecule has 1 fully saturated rings. The van der Waals surface area contributed by atoms with Gasteiger partial charge in [0.25, 0.3) is 0 Å². The minimum atomic E-state index is -0.570. The molecule has 1 aromatic rings. The predicted octanol–water partition coefficient (Wildman–Crippen LogP) is 3.97. The van der Waals surface area contributed by atoms with Crippen molar-refractivity contribution in [1.82, 2.24) is 4.90 Å². The summed E-state index contributed by atoms with van der Waals surface area (Å²) in [4.78, 5) is 2.59. The maximum absolute atomic E-state index is 9.80. The van der Waals surface area contributed by atoms with E-state index in [9.17, 15) is 5.11 Å². The number of thioether (sulfide) groups is 1. The van der Waals surface area contributed by atoms with Crippen molar-refractivity contribution in [3.63, 3.8) is 0 Å². The summed E-state index contributed by atoms with van der Waals surface area (Å²) in [6, 6.07) is 8.96. The van der Waals surface area contributed by atoms with Crippen molar-refractivity contribution in [2.75, 3.05) is 25.1 Å². The molecule has 1 aromatic carbocycles. The second-order valence-corrected chi connectivity index (χ2v) is 8.21. The summed E-state index contributed by atoms with van der Waals surface area (Å²) in [6.07, 6.45) is 6.68. The zero-order chi connectivity index (χ0) is 16.0. The Bertz CT molecular complexity index is 430. The number of aliphatic hydroxyl groups is 1. The Hall–Kier alpha value is -0.510. The fourth-order valence-corrected chi connectivity index (χ4v) is 3.87. The molecule has 22 heavy (non-hydrogen) atoms. The molecular weight excluding hydrogens is 290 g/mol. The number of hydrogen-bond donors (Lipinski definition) is 1. The first-order valence-corrected chi connectivity index (χ1v) is 9.87. The molecule has 124 valence electrons. The fourth-order valence-electron chi connectivity index (χ4n) is 3.07. The summed E-state index contributed by atoms with van der Waals surface area (Å²) >= 11 is 1.98. The van der Waals surface area contributed by atoms with Crippen LogP contribution in [0.3, 0.4) is 0 Å². The molecule has 1 heterocycles. The zero-order valence-corrected chi connectivity index (χ0v) is 15.2. The molecule has 2 rings (SSSR count). The monoisotopic (exact) mass is 321 g/mol. The van der Waals surface area contributed by atoms with Crippen molar-refractivity contribution >= 4 is 11.8 Å². The van der Waals surface area contributed by atoms with Gasteiger partial charge in [0.1, 0.15) is 0 Å². The third-order valence-electron chi connectivity index (χ3n) is 4.56. The highest BCUT2D eigenvalue weighted by Crippen LogP contribution is 2.22. The van der Waals surface area contributed by atoms with E-state index in [1.54, 1.807) is 0 Å². The number of likely N-dealkylation sites (tertiary alicyclic amines) is 1. The SMILES string of the molecule is CSCC1CCN(Cc2ccc(CCC(C)(C)O)cc2)CC1. The van der Waals surface area contributed by atoms with Crippen molar-refractivity contribution in [3.05, 3.63) is 35.4 Å². The van der Waals surface area contributed by atoms with E-state index in [0.717, 1.165) is 25.3 Å². The predicted molar refractivity (Wildman–Crippen MR) is 97.4 cm³/mol. The van der Waals surface area contributed by atoms with Crippen LogP contribution in [0.15, 0.2) is 24.3 Å². The average Bonchev–Trinajstić information content (AvgIpc) is 2.48. The van der Waals surface area contributed by atoms with Gasteiger partial charge in [-0.2, -0.15) is 11.8 Å². The molecule has 1 aliphatic rings. The van der Waals surface area contributed by atoms with E-state index in [2.05, 4.69) is 35.4 Å². The lowest BCUT2D eigenvalue weighted by molar-refractivity contribution is 0.0714. The first-order chi connectivity index (χ1) is 10.5. The van der Waals surface area contributed by atoms with Crippen molar-refractivity contribution in [2.45, 2.75) is 51.7 Å². The number of rotatable bonds is 7. The summed E-state index contributed by atoms with van der Waals surface area (Å²) in [5.74, 6) is 2.25. The maximum atomic E-state index is 9.80. The van der Waals surface area contributed by atoms with Crippen LogP contribution < -0.4 is 0 Å². The van der Waals surface area contributed by atoms with E-state index in [1.165, 1.54) is 42.8 Å². The number of benzene rings is 1. The molecule has 0 aliphatic carbocycles. The van der Waals surface area contributed by atoms with Gasteiger partial charge in [-0.05, 0) is 81.7 Å². The van der Waals surface area contributed by atoms with Gasteiger partial charge >= 0.3 is 0 Å². The highest BCUT2D eigenvalue weighted by molar-refractivity contribution is 7.98. The van der Waals surface area contributed by atoms with Crippen LogP contribution in [-0.2, 0) is 13.0 Å². The Balaban J connectivity index is 1.77. The van der Waals surface area contributed by atoms with Crippen LogP contribution in [0.2, 0.25) is 0 Å². The van der Waals surface area contributed by atoms with Crippen molar-refractivity contribution in [1.29, 1.82) is 0 Å². The van der Waals surface area contributed by atoms with Crippen LogP contribution in [-0.4, -0.2) is 40.7 Å². The van der Waals surface area contributed by atoms with E-state index in [4.69, 9.17) is 0 Å². The molecule has 0 spiro atoms. The van der Waals surface area contributed by atoms with Crippen LogP contribution in [0.25, 0.3) is 0 Å². The van der Waals surface area contributed by atoms with Gasteiger partial charge in [-0.25, -0.2) is 0 Å². The largest absolute Gasteiger partial charge is 0.390 e. The smallest absolute Gasteiger partial charge is 0.0594 e. The summed E-state index contributed by atoms with van der Waals surface area (Å²) in [6.45, 7) is 7.32. The van der Waals surface area contributed by atoms with Crippen molar-refractivity contribution < 1.29 is 5.11 Å². The number of aryl methyl sites for hydroxylation is 1.